The highest BCUT2D eigenvalue weighted by atomic mass is 32.1. The molecule has 3 heterocycles. The van der Waals surface area contributed by atoms with Gasteiger partial charge < -0.3 is 10.0 Å². The Kier molecular flexibility index (Phi) is 6.00. The number of fused-ring (bicyclic) bond motifs is 1. The highest BCUT2D eigenvalue weighted by Crippen LogP contribution is 2.37. The van der Waals surface area contributed by atoms with Crippen molar-refractivity contribution in [1.82, 2.24) is 19.7 Å². The van der Waals surface area contributed by atoms with Crippen molar-refractivity contribution in [3.8, 4) is 16.4 Å². The standard InChI is InChI=1S/C27H30N4O2S/c1-16(2)25-23(19-7-5-6-17(3)14-19)28-27(34-25)31-22-9-8-18(4)15-21(22)24(29-31)26(33)30-12-10-20(32)11-13-30/h5-9,14-16,20,32H,10-13H2,1-4H3. The molecule has 34 heavy (non-hydrogen) atoms. The molecular weight excluding hydrogens is 444 g/mol. The van der Waals surface area contributed by atoms with Gasteiger partial charge in [0.2, 0.25) is 5.13 Å². The van der Waals surface area contributed by atoms with Crippen LogP contribution in [0.3, 0.4) is 0 Å². The summed E-state index contributed by atoms with van der Waals surface area (Å²) < 4.78 is 1.83. The van der Waals surface area contributed by atoms with Gasteiger partial charge in [0.05, 0.1) is 17.3 Å². The molecule has 2 aromatic carbocycles. The molecule has 0 unspecified atom stereocenters. The number of carbonyl (C=O) groups is 1. The first-order valence-corrected chi connectivity index (χ1v) is 12.7. The highest BCUT2D eigenvalue weighted by Gasteiger charge is 2.28. The predicted molar refractivity (Wildman–Crippen MR) is 137 cm³/mol. The van der Waals surface area contributed by atoms with E-state index in [-0.39, 0.29) is 12.0 Å². The monoisotopic (exact) mass is 474 g/mol. The third-order valence-corrected chi connectivity index (χ3v) is 7.76. The van der Waals surface area contributed by atoms with Crippen LogP contribution in [0.25, 0.3) is 27.3 Å². The van der Waals surface area contributed by atoms with E-state index in [4.69, 9.17) is 10.1 Å². The maximum atomic E-state index is 13.5. The highest BCUT2D eigenvalue weighted by molar-refractivity contribution is 7.14. The molecule has 0 aliphatic carbocycles. The summed E-state index contributed by atoms with van der Waals surface area (Å²) in [6, 6.07) is 14.5. The molecule has 0 radical (unpaired) electrons. The average Bonchev–Trinajstić information content (AvgIpc) is 3.41. The van der Waals surface area contributed by atoms with Crippen molar-refractivity contribution in [2.24, 2.45) is 0 Å². The number of hydrogen-bond donors (Lipinski definition) is 1. The molecule has 1 aliphatic rings. The van der Waals surface area contributed by atoms with E-state index in [2.05, 4.69) is 45.0 Å². The summed E-state index contributed by atoms with van der Waals surface area (Å²) in [6.45, 7) is 9.58. The largest absolute Gasteiger partial charge is 0.393 e. The van der Waals surface area contributed by atoms with Crippen LogP contribution in [0.4, 0.5) is 0 Å². The van der Waals surface area contributed by atoms with Crippen LogP contribution < -0.4 is 0 Å². The Balaban J connectivity index is 1.63. The van der Waals surface area contributed by atoms with Gasteiger partial charge in [-0.2, -0.15) is 5.10 Å². The normalized spacial score (nSPS) is 14.9. The zero-order valence-corrected chi connectivity index (χ0v) is 20.9. The van der Waals surface area contributed by atoms with Crippen LogP contribution in [-0.4, -0.2) is 49.9 Å². The van der Waals surface area contributed by atoms with Gasteiger partial charge in [-0.1, -0.05) is 60.6 Å². The van der Waals surface area contributed by atoms with E-state index in [0.717, 1.165) is 32.9 Å². The molecule has 4 aromatic rings. The summed E-state index contributed by atoms with van der Waals surface area (Å²) in [5.41, 5.74) is 5.69. The van der Waals surface area contributed by atoms with E-state index in [1.807, 2.05) is 29.8 Å². The van der Waals surface area contributed by atoms with Crippen molar-refractivity contribution in [2.45, 2.75) is 52.6 Å². The Morgan fingerprint density at radius 3 is 2.53 bits per heavy atom. The molecular formula is C27H30N4O2S. The fraction of sp³-hybridized carbons (Fsp3) is 0.370. The molecule has 5 rings (SSSR count). The molecule has 0 saturated carbocycles. The van der Waals surface area contributed by atoms with Gasteiger partial charge in [0.1, 0.15) is 0 Å². The van der Waals surface area contributed by atoms with Crippen molar-refractivity contribution in [1.29, 1.82) is 0 Å². The Bertz CT molecular complexity index is 1360. The van der Waals surface area contributed by atoms with Crippen LogP contribution in [0.5, 0.6) is 0 Å². The smallest absolute Gasteiger partial charge is 0.275 e. The third-order valence-electron chi connectivity index (χ3n) is 6.43. The quantitative estimate of drug-likeness (QED) is 0.425. The first kappa shape index (κ1) is 22.7. The first-order chi connectivity index (χ1) is 16.3. The Labute approximate surface area is 203 Å². The van der Waals surface area contributed by atoms with Gasteiger partial charge in [0, 0.05) is 28.9 Å². The van der Waals surface area contributed by atoms with E-state index in [9.17, 15) is 9.90 Å². The number of aromatic nitrogens is 3. The zero-order valence-electron chi connectivity index (χ0n) is 20.1. The lowest BCUT2D eigenvalue weighted by molar-refractivity contribution is 0.0543. The van der Waals surface area contributed by atoms with Gasteiger partial charge in [-0.3, -0.25) is 4.79 Å². The van der Waals surface area contributed by atoms with Crippen molar-refractivity contribution in [3.63, 3.8) is 0 Å². The molecule has 1 N–H and O–H groups in total. The third kappa shape index (κ3) is 4.14. The summed E-state index contributed by atoms with van der Waals surface area (Å²) in [7, 11) is 0. The topological polar surface area (TPSA) is 71.2 Å². The summed E-state index contributed by atoms with van der Waals surface area (Å²) in [5, 5.41) is 16.3. The Morgan fingerprint density at radius 1 is 1.09 bits per heavy atom. The number of amides is 1. The summed E-state index contributed by atoms with van der Waals surface area (Å²) in [6.07, 6.45) is 0.881. The lowest BCUT2D eigenvalue weighted by Gasteiger charge is -2.29. The number of likely N-dealkylation sites (tertiary alicyclic amines) is 1. The van der Waals surface area contributed by atoms with E-state index in [1.165, 1.54) is 10.4 Å². The second kappa shape index (κ2) is 8.96. The minimum Gasteiger partial charge on any atom is -0.393 e. The maximum Gasteiger partial charge on any atom is 0.275 e. The number of benzene rings is 2. The molecule has 1 amide bonds. The SMILES string of the molecule is Cc1cccc(-c2nc(-n3nc(C(=O)N4CCC(O)CC4)c4cc(C)ccc43)sc2C(C)C)c1. The lowest BCUT2D eigenvalue weighted by Crippen LogP contribution is -2.40. The number of hydrogen-bond acceptors (Lipinski definition) is 5. The van der Waals surface area contributed by atoms with Gasteiger partial charge in [-0.15, -0.1) is 0 Å². The number of thiazole rings is 1. The van der Waals surface area contributed by atoms with E-state index in [0.29, 0.717) is 37.5 Å². The number of nitrogens with zero attached hydrogens (tertiary/aromatic N) is 4. The van der Waals surface area contributed by atoms with E-state index >= 15 is 0 Å². The Hall–Kier alpha value is -3.03. The van der Waals surface area contributed by atoms with Crippen LogP contribution in [0.1, 0.15) is 59.1 Å². The minimum atomic E-state index is -0.328. The fourth-order valence-corrected chi connectivity index (χ4v) is 5.61. The van der Waals surface area contributed by atoms with Crippen LogP contribution >= 0.6 is 11.3 Å². The molecule has 1 aliphatic heterocycles. The van der Waals surface area contributed by atoms with Crippen LogP contribution in [-0.2, 0) is 0 Å². The minimum absolute atomic E-state index is 0.0826. The van der Waals surface area contributed by atoms with Crippen molar-refractivity contribution >= 4 is 28.1 Å². The number of rotatable bonds is 4. The van der Waals surface area contributed by atoms with Crippen LogP contribution in [0.2, 0.25) is 0 Å². The molecule has 176 valence electrons. The molecule has 1 fully saturated rings. The van der Waals surface area contributed by atoms with Gasteiger partial charge in [-0.25, -0.2) is 9.67 Å². The molecule has 0 spiro atoms. The number of carbonyl (C=O) groups excluding carboxylic acids is 1. The molecule has 1 saturated heterocycles. The van der Waals surface area contributed by atoms with E-state index < -0.39 is 0 Å². The summed E-state index contributed by atoms with van der Waals surface area (Å²) in [4.78, 5) is 21.5. The number of piperidine rings is 1. The van der Waals surface area contributed by atoms with Gasteiger partial charge in [0.15, 0.2) is 5.69 Å². The second-order valence-electron chi connectivity index (χ2n) is 9.54. The van der Waals surface area contributed by atoms with Crippen molar-refractivity contribution in [3.05, 3.63) is 64.2 Å². The van der Waals surface area contributed by atoms with Gasteiger partial charge in [-0.05, 0) is 50.8 Å². The second-order valence-corrected chi connectivity index (χ2v) is 10.5. The summed E-state index contributed by atoms with van der Waals surface area (Å²) >= 11 is 1.63. The van der Waals surface area contributed by atoms with Crippen molar-refractivity contribution < 1.29 is 9.90 Å². The Morgan fingerprint density at radius 2 is 1.82 bits per heavy atom. The number of aliphatic hydroxyl groups excluding tert-OH is 1. The molecule has 2 aromatic heterocycles. The van der Waals surface area contributed by atoms with Gasteiger partial charge in [0.25, 0.3) is 5.91 Å². The lowest BCUT2D eigenvalue weighted by atomic mass is 10.0. The number of aliphatic hydroxyl groups is 1. The van der Waals surface area contributed by atoms with Gasteiger partial charge >= 0.3 is 0 Å². The fourth-order valence-electron chi connectivity index (χ4n) is 4.56. The first-order valence-electron chi connectivity index (χ1n) is 11.9. The number of aryl methyl sites for hydroxylation is 2. The van der Waals surface area contributed by atoms with Crippen LogP contribution in [0.15, 0.2) is 42.5 Å². The zero-order chi connectivity index (χ0) is 24.0. The van der Waals surface area contributed by atoms with E-state index in [1.54, 1.807) is 16.2 Å². The molecule has 0 bridgehead atoms. The molecule has 0 atom stereocenters. The van der Waals surface area contributed by atoms with Crippen molar-refractivity contribution in [2.75, 3.05) is 13.1 Å². The maximum absolute atomic E-state index is 13.5. The predicted octanol–water partition coefficient (Wildman–Crippen LogP) is 5.49. The average molecular weight is 475 g/mol. The molecule has 6 nitrogen and oxygen atoms in total. The summed E-state index contributed by atoms with van der Waals surface area (Å²) in [5.74, 6) is 0.229. The molecule has 7 heteroatoms. The van der Waals surface area contributed by atoms with Crippen LogP contribution in [0, 0.1) is 13.8 Å².